The zero-order chi connectivity index (χ0) is 20.4. The van der Waals surface area contributed by atoms with Gasteiger partial charge >= 0.3 is 5.97 Å². The third-order valence-corrected chi connectivity index (χ3v) is 5.27. The maximum Gasteiger partial charge on any atom is 0.306 e. The first-order chi connectivity index (χ1) is 14.0. The number of aromatic amines is 2. The average Bonchev–Trinajstić information content (AvgIpc) is 3.33. The van der Waals surface area contributed by atoms with Crippen molar-refractivity contribution in [2.75, 3.05) is 13.7 Å². The Hall–Kier alpha value is -3.48. The summed E-state index contributed by atoms with van der Waals surface area (Å²) in [5.41, 5.74) is 3.90. The van der Waals surface area contributed by atoms with Crippen molar-refractivity contribution in [3.8, 4) is 11.5 Å². The minimum absolute atomic E-state index is 0.0211. The number of phenolic OH excluding ortho intramolecular Hbond substituents is 1. The predicted molar refractivity (Wildman–Crippen MR) is 106 cm³/mol. The standard InChI is InChI=1S/C22H22N2O5/c1-28-20(26)12-17(14-3-5-16(25)6-4-14)21-18(23-24-22(21)27)11-13-2-7-19-15(10-13)8-9-29-19/h2-7,10,17,25H,8-9,11-12H2,1H3,(H2,23,24,27). The number of phenols is 1. The summed E-state index contributed by atoms with van der Waals surface area (Å²) in [6.45, 7) is 0.688. The number of esters is 1. The van der Waals surface area contributed by atoms with Gasteiger partial charge in [0.05, 0.1) is 20.1 Å². The number of benzene rings is 2. The minimum Gasteiger partial charge on any atom is -0.508 e. The maximum atomic E-state index is 12.7. The number of aromatic hydroxyl groups is 1. The fourth-order valence-corrected chi connectivity index (χ4v) is 3.81. The van der Waals surface area contributed by atoms with Gasteiger partial charge in [-0.1, -0.05) is 24.3 Å². The van der Waals surface area contributed by atoms with Crippen molar-refractivity contribution >= 4 is 5.97 Å². The van der Waals surface area contributed by atoms with Crippen LogP contribution in [0, 0.1) is 0 Å². The molecule has 3 aromatic rings. The number of ether oxygens (including phenoxy) is 2. The van der Waals surface area contributed by atoms with Gasteiger partial charge in [-0.3, -0.25) is 14.7 Å². The molecule has 1 aromatic heterocycles. The Morgan fingerprint density at radius 2 is 2.00 bits per heavy atom. The Balaban J connectivity index is 1.71. The number of carbonyl (C=O) groups excluding carboxylic acids is 1. The molecule has 150 valence electrons. The second kappa shape index (κ2) is 7.87. The van der Waals surface area contributed by atoms with E-state index < -0.39 is 11.9 Å². The van der Waals surface area contributed by atoms with Gasteiger partial charge in [0, 0.05) is 30.0 Å². The molecular formula is C22H22N2O5. The number of hydrogen-bond donors (Lipinski definition) is 3. The summed E-state index contributed by atoms with van der Waals surface area (Å²) in [4.78, 5) is 24.7. The number of methoxy groups -OCH3 is 1. The molecule has 0 saturated heterocycles. The number of H-pyrrole nitrogens is 2. The first-order valence-corrected chi connectivity index (χ1v) is 9.45. The zero-order valence-corrected chi connectivity index (χ0v) is 16.0. The lowest BCUT2D eigenvalue weighted by molar-refractivity contribution is -0.140. The maximum absolute atomic E-state index is 12.7. The van der Waals surface area contributed by atoms with Crippen molar-refractivity contribution < 1.29 is 19.4 Å². The molecule has 2 heterocycles. The van der Waals surface area contributed by atoms with Crippen molar-refractivity contribution in [3.63, 3.8) is 0 Å². The first-order valence-electron chi connectivity index (χ1n) is 9.45. The van der Waals surface area contributed by atoms with E-state index in [0.29, 0.717) is 18.6 Å². The highest BCUT2D eigenvalue weighted by Gasteiger charge is 2.26. The van der Waals surface area contributed by atoms with E-state index in [-0.39, 0.29) is 17.7 Å². The second-order valence-electron chi connectivity index (χ2n) is 7.11. The molecule has 2 aromatic carbocycles. The molecule has 1 unspecified atom stereocenters. The van der Waals surface area contributed by atoms with Crippen LogP contribution in [0.3, 0.4) is 0 Å². The van der Waals surface area contributed by atoms with Crippen LogP contribution < -0.4 is 10.3 Å². The van der Waals surface area contributed by atoms with Gasteiger partial charge < -0.3 is 19.7 Å². The molecule has 29 heavy (non-hydrogen) atoms. The van der Waals surface area contributed by atoms with E-state index in [1.807, 2.05) is 12.1 Å². The SMILES string of the molecule is COC(=O)CC(c1ccc(O)cc1)c1c(Cc2ccc3c(c2)CCO3)[nH][nH]c1=O. The highest BCUT2D eigenvalue weighted by molar-refractivity contribution is 5.71. The smallest absolute Gasteiger partial charge is 0.306 e. The summed E-state index contributed by atoms with van der Waals surface area (Å²) in [5.74, 6) is 0.119. The van der Waals surface area contributed by atoms with E-state index in [4.69, 9.17) is 9.47 Å². The fraction of sp³-hybridized carbons (Fsp3) is 0.273. The summed E-state index contributed by atoms with van der Waals surface area (Å²) in [5, 5.41) is 15.2. The van der Waals surface area contributed by atoms with Crippen LogP contribution in [0.15, 0.2) is 47.3 Å². The second-order valence-corrected chi connectivity index (χ2v) is 7.11. The fourth-order valence-electron chi connectivity index (χ4n) is 3.81. The number of hydrogen-bond acceptors (Lipinski definition) is 5. The molecule has 0 amide bonds. The Morgan fingerprint density at radius 3 is 2.76 bits per heavy atom. The van der Waals surface area contributed by atoms with Gasteiger partial charge in [0.25, 0.3) is 5.56 Å². The third kappa shape index (κ3) is 3.89. The summed E-state index contributed by atoms with van der Waals surface area (Å²) in [7, 11) is 1.32. The minimum atomic E-state index is -0.495. The molecule has 0 bridgehead atoms. The van der Waals surface area contributed by atoms with Crippen LogP contribution in [0.25, 0.3) is 0 Å². The number of rotatable bonds is 6. The van der Waals surface area contributed by atoms with Crippen molar-refractivity contribution in [3.05, 3.63) is 80.8 Å². The lowest BCUT2D eigenvalue weighted by Gasteiger charge is -2.16. The van der Waals surface area contributed by atoms with E-state index in [9.17, 15) is 14.7 Å². The van der Waals surface area contributed by atoms with Crippen molar-refractivity contribution in [2.45, 2.75) is 25.2 Å². The van der Waals surface area contributed by atoms with E-state index in [1.54, 1.807) is 24.3 Å². The lowest BCUT2D eigenvalue weighted by atomic mass is 9.87. The average molecular weight is 394 g/mol. The largest absolute Gasteiger partial charge is 0.508 e. The Morgan fingerprint density at radius 1 is 1.21 bits per heavy atom. The Kier molecular flexibility index (Phi) is 5.12. The molecule has 7 nitrogen and oxygen atoms in total. The van der Waals surface area contributed by atoms with Crippen molar-refractivity contribution in [2.24, 2.45) is 0 Å². The van der Waals surface area contributed by atoms with E-state index in [1.165, 1.54) is 7.11 Å². The molecule has 7 heteroatoms. The van der Waals surface area contributed by atoms with Gasteiger partial charge in [-0.25, -0.2) is 0 Å². The molecule has 0 spiro atoms. The van der Waals surface area contributed by atoms with Gasteiger partial charge in [-0.15, -0.1) is 0 Å². The van der Waals surface area contributed by atoms with Crippen LogP contribution in [0.4, 0.5) is 0 Å². The van der Waals surface area contributed by atoms with Crippen LogP contribution in [0.1, 0.15) is 40.3 Å². The summed E-state index contributed by atoms with van der Waals surface area (Å²) in [6, 6.07) is 12.5. The molecular weight excluding hydrogens is 372 g/mol. The van der Waals surface area contributed by atoms with E-state index in [2.05, 4.69) is 16.3 Å². The van der Waals surface area contributed by atoms with Crippen molar-refractivity contribution in [1.29, 1.82) is 0 Å². The van der Waals surface area contributed by atoms with Gasteiger partial charge in [-0.2, -0.15) is 0 Å². The molecule has 0 aliphatic carbocycles. The molecule has 1 atom stereocenters. The Labute approximate surface area is 167 Å². The highest BCUT2D eigenvalue weighted by atomic mass is 16.5. The molecule has 0 radical (unpaired) electrons. The number of nitrogens with one attached hydrogen (secondary N) is 2. The number of fused-ring (bicyclic) bond motifs is 1. The summed E-state index contributed by atoms with van der Waals surface area (Å²) < 4.78 is 10.4. The van der Waals surface area contributed by atoms with Crippen LogP contribution in [0.2, 0.25) is 0 Å². The molecule has 4 rings (SSSR count). The zero-order valence-electron chi connectivity index (χ0n) is 16.0. The first kappa shape index (κ1) is 18.9. The summed E-state index contributed by atoms with van der Waals surface area (Å²) >= 11 is 0. The number of carbonyl (C=O) groups is 1. The molecule has 0 fully saturated rings. The van der Waals surface area contributed by atoms with Gasteiger partial charge in [0.15, 0.2) is 0 Å². The van der Waals surface area contributed by atoms with Crippen LogP contribution in [0.5, 0.6) is 11.5 Å². The predicted octanol–water partition coefficient (Wildman–Crippen LogP) is 2.63. The van der Waals surface area contributed by atoms with Crippen molar-refractivity contribution in [1.82, 2.24) is 10.2 Å². The summed E-state index contributed by atoms with van der Waals surface area (Å²) in [6.07, 6.45) is 1.41. The topological polar surface area (TPSA) is 104 Å². The van der Waals surface area contributed by atoms with Gasteiger partial charge in [0.2, 0.25) is 0 Å². The van der Waals surface area contributed by atoms with Crippen LogP contribution in [-0.2, 0) is 22.4 Å². The third-order valence-electron chi connectivity index (χ3n) is 5.27. The molecule has 1 aliphatic rings. The normalized spacial score (nSPS) is 13.6. The molecule has 1 aliphatic heterocycles. The molecule has 3 N–H and O–H groups in total. The molecule has 0 saturated carbocycles. The van der Waals surface area contributed by atoms with Crippen LogP contribution in [-0.4, -0.2) is 35.0 Å². The monoisotopic (exact) mass is 394 g/mol. The quantitative estimate of drug-likeness (QED) is 0.558. The van der Waals surface area contributed by atoms with Crippen LogP contribution >= 0.6 is 0 Å². The van der Waals surface area contributed by atoms with E-state index in [0.717, 1.165) is 34.6 Å². The van der Waals surface area contributed by atoms with E-state index >= 15 is 0 Å². The number of aromatic nitrogens is 2. The van der Waals surface area contributed by atoms with Gasteiger partial charge in [-0.05, 0) is 34.9 Å². The lowest BCUT2D eigenvalue weighted by Crippen LogP contribution is -2.18. The van der Waals surface area contributed by atoms with Gasteiger partial charge in [0.1, 0.15) is 11.5 Å². The Bertz CT molecular complexity index is 1080. The highest BCUT2D eigenvalue weighted by Crippen LogP contribution is 2.31.